The molecule has 0 aliphatic carbocycles. The second kappa shape index (κ2) is 3.98. The van der Waals surface area contributed by atoms with E-state index in [2.05, 4.69) is 12.1 Å². The molecule has 0 N–H and O–H groups in total. The summed E-state index contributed by atoms with van der Waals surface area (Å²) in [6.07, 6.45) is 1.36. The second-order valence-electron chi connectivity index (χ2n) is 3.43. The van der Waals surface area contributed by atoms with Gasteiger partial charge in [0.2, 0.25) is 0 Å². The van der Waals surface area contributed by atoms with Crippen molar-refractivity contribution in [3.8, 4) is 12.1 Å². The fourth-order valence-electron chi connectivity index (χ4n) is 0.752. The average Bonchev–Trinajstić information content (AvgIpc) is 2.00. The zero-order chi connectivity index (χ0) is 8.91. The lowest BCUT2D eigenvalue weighted by Gasteiger charge is -2.22. The van der Waals surface area contributed by atoms with Crippen LogP contribution >= 0.6 is 0 Å². The highest BCUT2D eigenvalue weighted by molar-refractivity contribution is 4.95. The van der Waals surface area contributed by atoms with Crippen LogP contribution in [0.2, 0.25) is 0 Å². The summed E-state index contributed by atoms with van der Waals surface area (Å²) in [4.78, 5) is 0. The summed E-state index contributed by atoms with van der Waals surface area (Å²) in [5, 5.41) is 17.1. The summed E-state index contributed by atoms with van der Waals surface area (Å²) in [6, 6.07) is 4.33. The van der Waals surface area contributed by atoms with Gasteiger partial charge in [-0.05, 0) is 26.2 Å². The Morgan fingerprint density at radius 3 is 2.27 bits per heavy atom. The minimum atomic E-state index is -0.295. The van der Waals surface area contributed by atoms with Crippen molar-refractivity contribution in [1.82, 2.24) is 0 Å². The summed E-state index contributed by atoms with van der Waals surface area (Å²) in [5.41, 5.74) is -0.295. The SMILES string of the molecule is CC(CCC#N)C(C)(C)C#N. The lowest BCUT2D eigenvalue weighted by molar-refractivity contribution is 0.303. The van der Waals surface area contributed by atoms with Crippen LogP contribution < -0.4 is 0 Å². The van der Waals surface area contributed by atoms with Crippen molar-refractivity contribution in [3.05, 3.63) is 0 Å². The molecule has 0 rings (SSSR count). The zero-order valence-corrected chi connectivity index (χ0v) is 7.39. The summed E-state index contributed by atoms with van der Waals surface area (Å²) in [6.45, 7) is 5.84. The van der Waals surface area contributed by atoms with Crippen LogP contribution in [0.3, 0.4) is 0 Å². The molecule has 0 heterocycles. The maximum Gasteiger partial charge on any atom is 0.0686 e. The van der Waals surface area contributed by atoms with Gasteiger partial charge in [-0.3, -0.25) is 0 Å². The van der Waals surface area contributed by atoms with Crippen LogP contribution in [0.5, 0.6) is 0 Å². The Hall–Kier alpha value is -1.02. The number of nitrogens with zero attached hydrogens (tertiary/aromatic N) is 2. The predicted octanol–water partition coefficient (Wildman–Crippen LogP) is 2.48. The van der Waals surface area contributed by atoms with E-state index in [0.29, 0.717) is 12.3 Å². The van der Waals surface area contributed by atoms with Gasteiger partial charge in [0.1, 0.15) is 0 Å². The highest BCUT2D eigenvalue weighted by atomic mass is 14.4. The Kier molecular flexibility index (Phi) is 3.61. The van der Waals surface area contributed by atoms with Gasteiger partial charge < -0.3 is 0 Å². The van der Waals surface area contributed by atoms with Gasteiger partial charge in [-0.1, -0.05) is 6.92 Å². The van der Waals surface area contributed by atoms with E-state index in [1.165, 1.54) is 0 Å². The van der Waals surface area contributed by atoms with Crippen molar-refractivity contribution in [2.75, 3.05) is 0 Å². The molecule has 1 unspecified atom stereocenters. The smallest absolute Gasteiger partial charge is 0.0686 e. The molecule has 0 aliphatic heterocycles. The molecule has 2 nitrogen and oxygen atoms in total. The molecule has 0 radical (unpaired) electrons. The third-order valence-electron chi connectivity index (χ3n) is 2.21. The van der Waals surface area contributed by atoms with Crippen LogP contribution in [0.1, 0.15) is 33.6 Å². The fraction of sp³-hybridized carbons (Fsp3) is 0.778. The lowest BCUT2D eigenvalue weighted by atomic mass is 9.79. The first-order valence-electron chi connectivity index (χ1n) is 3.83. The molecule has 0 saturated carbocycles. The molecule has 1 atom stereocenters. The summed E-state index contributed by atoms with van der Waals surface area (Å²) < 4.78 is 0. The molecule has 0 bridgehead atoms. The molecular weight excluding hydrogens is 136 g/mol. The minimum Gasteiger partial charge on any atom is -0.198 e. The van der Waals surface area contributed by atoms with E-state index < -0.39 is 0 Å². The highest BCUT2D eigenvalue weighted by Gasteiger charge is 2.24. The molecule has 0 aromatic rings. The van der Waals surface area contributed by atoms with Crippen molar-refractivity contribution in [3.63, 3.8) is 0 Å². The van der Waals surface area contributed by atoms with E-state index in [9.17, 15) is 0 Å². The Morgan fingerprint density at radius 1 is 1.36 bits per heavy atom. The average molecular weight is 150 g/mol. The van der Waals surface area contributed by atoms with Gasteiger partial charge in [0.15, 0.2) is 0 Å². The zero-order valence-electron chi connectivity index (χ0n) is 7.39. The van der Waals surface area contributed by atoms with E-state index in [-0.39, 0.29) is 5.41 Å². The van der Waals surface area contributed by atoms with E-state index in [1.807, 2.05) is 20.8 Å². The van der Waals surface area contributed by atoms with E-state index in [0.717, 1.165) is 6.42 Å². The first-order valence-corrected chi connectivity index (χ1v) is 3.83. The number of hydrogen-bond acceptors (Lipinski definition) is 2. The first kappa shape index (κ1) is 9.98. The van der Waals surface area contributed by atoms with Crippen molar-refractivity contribution >= 4 is 0 Å². The van der Waals surface area contributed by atoms with Crippen LogP contribution in [0.25, 0.3) is 0 Å². The lowest BCUT2D eigenvalue weighted by Crippen LogP contribution is -2.18. The van der Waals surface area contributed by atoms with Crippen LogP contribution in [-0.4, -0.2) is 0 Å². The van der Waals surface area contributed by atoms with Crippen molar-refractivity contribution in [1.29, 1.82) is 10.5 Å². The highest BCUT2D eigenvalue weighted by Crippen LogP contribution is 2.28. The Bertz CT molecular complexity index is 193. The first-order chi connectivity index (χ1) is 5.04. The molecular formula is C9H14N2. The van der Waals surface area contributed by atoms with Gasteiger partial charge in [-0.25, -0.2) is 0 Å². The largest absolute Gasteiger partial charge is 0.198 e. The molecule has 0 aromatic carbocycles. The number of rotatable bonds is 3. The Balaban J connectivity index is 3.96. The quantitative estimate of drug-likeness (QED) is 0.620. The van der Waals surface area contributed by atoms with Crippen LogP contribution in [0.15, 0.2) is 0 Å². The van der Waals surface area contributed by atoms with Gasteiger partial charge in [-0.2, -0.15) is 10.5 Å². The van der Waals surface area contributed by atoms with Crippen molar-refractivity contribution < 1.29 is 0 Å². The third-order valence-corrected chi connectivity index (χ3v) is 2.21. The van der Waals surface area contributed by atoms with Gasteiger partial charge in [0.25, 0.3) is 0 Å². The summed E-state index contributed by atoms with van der Waals surface area (Å²) in [5.74, 6) is 0.298. The maximum absolute atomic E-state index is 8.73. The third kappa shape index (κ3) is 3.05. The van der Waals surface area contributed by atoms with Gasteiger partial charge in [-0.15, -0.1) is 0 Å². The molecule has 2 heteroatoms. The molecule has 0 fully saturated rings. The van der Waals surface area contributed by atoms with Crippen molar-refractivity contribution in [2.24, 2.45) is 11.3 Å². The molecule has 0 aromatic heterocycles. The maximum atomic E-state index is 8.73. The summed E-state index contributed by atoms with van der Waals surface area (Å²) >= 11 is 0. The standard InChI is InChI=1S/C9H14N2/c1-8(5-4-6-10)9(2,3)7-11/h8H,4-5H2,1-3H3. The monoisotopic (exact) mass is 150 g/mol. The fourth-order valence-corrected chi connectivity index (χ4v) is 0.752. The molecule has 0 aliphatic rings. The topological polar surface area (TPSA) is 47.6 Å². The Labute approximate surface area is 68.4 Å². The molecule has 60 valence electrons. The van der Waals surface area contributed by atoms with Gasteiger partial charge in [0.05, 0.1) is 17.6 Å². The van der Waals surface area contributed by atoms with Gasteiger partial charge >= 0.3 is 0 Å². The molecule has 0 saturated heterocycles. The van der Waals surface area contributed by atoms with E-state index >= 15 is 0 Å². The predicted molar refractivity (Wildman–Crippen MR) is 43.4 cm³/mol. The van der Waals surface area contributed by atoms with Crippen LogP contribution in [0, 0.1) is 34.0 Å². The molecule has 0 amide bonds. The molecule has 11 heavy (non-hydrogen) atoms. The van der Waals surface area contributed by atoms with Crippen molar-refractivity contribution in [2.45, 2.75) is 33.6 Å². The second-order valence-corrected chi connectivity index (χ2v) is 3.43. The van der Waals surface area contributed by atoms with Gasteiger partial charge in [0, 0.05) is 6.42 Å². The normalized spacial score (nSPS) is 13.2. The number of hydrogen-bond donors (Lipinski definition) is 0. The van der Waals surface area contributed by atoms with E-state index in [4.69, 9.17) is 10.5 Å². The van der Waals surface area contributed by atoms with Crippen LogP contribution in [-0.2, 0) is 0 Å². The molecule has 0 spiro atoms. The van der Waals surface area contributed by atoms with Crippen LogP contribution in [0.4, 0.5) is 0 Å². The summed E-state index contributed by atoms with van der Waals surface area (Å²) in [7, 11) is 0. The number of nitriles is 2. The van der Waals surface area contributed by atoms with E-state index in [1.54, 1.807) is 0 Å². The Morgan fingerprint density at radius 2 is 1.91 bits per heavy atom. The minimum absolute atomic E-state index is 0.295.